The van der Waals surface area contributed by atoms with Gasteiger partial charge in [-0.05, 0) is 31.6 Å². The van der Waals surface area contributed by atoms with Crippen molar-refractivity contribution in [2.45, 2.75) is 32.6 Å². The van der Waals surface area contributed by atoms with Gasteiger partial charge in [0.25, 0.3) is 0 Å². The van der Waals surface area contributed by atoms with Crippen LogP contribution in [0.15, 0.2) is 24.3 Å². The van der Waals surface area contributed by atoms with Gasteiger partial charge in [0.2, 0.25) is 0 Å². The van der Waals surface area contributed by atoms with E-state index in [0.717, 1.165) is 17.4 Å². The lowest BCUT2D eigenvalue weighted by Gasteiger charge is -2.04. The van der Waals surface area contributed by atoms with Crippen LogP contribution in [0.1, 0.15) is 41.6 Å². The minimum atomic E-state index is 0.366. The summed E-state index contributed by atoms with van der Waals surface area (Å²) in [5.74, 6) is 2.22. The van der Waals surface area contributed by atoms with Gasteiger partial charge >= 0.3 is 0 Å². The van der Waals surface area contributed by atoms with Gasteiger partial charge in [0.1, 0.15) is 0 Å². The molecule has 0 amide bonds. The maximum atomic E-state index is 12.3. The fourth-order valence-corrected chi connectivity index (χ4v) is 3.29. The number of benzene rings is 1. The maximum absolute atomic E-state index is 12.3. The van der Waals surface area contributed by atoms with Crippen LogP contribution < -0.4 is 0 Å². The maximum Gasteiger partial charge on any atom is 0.166 e. The summed E-state index contributed by atoms with van der Waals surface area (Å²) in [6, 6.07) is 8.06. The summed E-state index contributed by atoms with van der Waals surface area (Å²) in [4.78, 5) is 12.3. The highest BCUT2D eigenvalue weighted by molar-refractivity contribution is 6.00. The lowest BCUT2D eigenvalue weighted by Crippen LogP contribution is -2.03. The predicted molar refractivity (Wildman–Crippen MR) is 64.4 cm³/mol. The number of carbonyl (C=O) groups is 1. The van der Waals surface area contributed by atoms with Crippen LogP contribution in [0.4, 0.5) is 0 Å². The molecule has 1 nitrogen and oxygen atoms in total. The van der Waals surface area contributed by atoms with E-state index < -0.39 is 0 Å². The Morgan fingerprint density at radius 3 is 2.19 bits per heavy atom. The Morgan fingerprint density at radius 2 is 1.62 bits per heavy atom. The topological polar surface area (TPSA) is 17.1 Å². The molecule has 0 N–H and O–H groups in total. The highest BCUT2D eigenvalue weighted by atomic mass is 16.1. The van der Waals surface area contributed by atoms with E-state index in [1.54, 1.807) is 0 Å². The van der Waals surface area contributed by atoms with Gasteiger partial charge in [-0.3, -0.25) is 4.79 Å². The standard InChI is InChI=1S/C15H18O/c1-10-6-8-11(9-7-10)15(16)14-12-4-2-3-5-13(12)14/h6-9,12-14H,2-5H2,1H3. The Kier molecular flexibility index (Phi) is 2.34. The largest absolute Gasteiger partial charge is 0.294 e. The van der Waals surface area contributed by atoms with Gasteiger partial charge < -0.3 is 0 Å². The van der Waals surface area contributed by atoms with Gasteiger partial charge in [-0.2, -0.15) is 0 Å². The van der Waals surface area contributed by atoms with Crippen molar-refractivity contribution in [2.24, 2.45) is 17.8 Å². The molecule has 3 rings (SSSR count). The summed E-state index contributed by atoms with van der Waals surface area (Å²) >= 11 is 0. The molecule has 16 heavy (non-hydrogen) atoms. The van der Waals surface area contributed by atoms with Crippen LogP contribution in [0.25, 0.3) is 0 Å². The van der Waals surface area contributed by atoms with Crippen molar-refractivity contribution in [3.63, 3.8) is 0 Å². The highest BCUT2D eigenvalue weighted by Crippen LogP contribution is 2.56. The molecule has 0 bridgehead atoms. The summed E-state index contributed by atoms with van der Waals surface area (Å²) in [5, 5.41) is 0. The number of aryl methyl sites for hydroxylation is 1. The Balaban J connectivity index is 1.76. The normalized spacial score (nSPS) is 31.9. The molecular weight excluding hydrogens is 196 g/mol. The molecule has 2 unspecified atom stereocenters. The van der Waals surface area contributed by atoms with Crippen LogP contribution in [0.3, 0.4) is 0 Å². The summed E-state index contributed by atoms with van der Waals surface area (Å²) in [6.07, 6.45) is 5.23. The SMILES string of the molecule is Cc1ccc(C(=O)C2C3CCCCC32)cc1. The third-order valence-corrected chi connectivity index (χ3v) is 4.30. The smallest absolute Gasteiger partial charge is 0.166 e. The van der Waals surface area contributed by atoms with Gasteiger partial charge in [0, 0.05) is 11.5 Å². The Labute approximate surface area is 96.9 Å². The molecule has 2 aliphatic carbocycles. The van der Waals surface area contributed by atoms with Gasteiger partial charge in [0.15, 0.2) is 5.78 Å². The molecule has 1 aromatic carbocycles. The number of hydrogen-bond donors (Lipinski definition) is 0. The fourth-order valence-electron chi connectivity index (χ4n) is 3.29. The Bertz CT molecular complexity index is 392. The number of Topliss-reactive ketones (excluding diaryl/α,β-unsaturated/α-hetero) is 1. The van der Waals surface area contributed by atoms with Crippen molar-refractivity contribution in [1.29, 1.82) is 0 Å². The van der Waals surface area contributed by atoms with Crippen molar-refractivity contribution in [3.8, 4) is 0 Å². The van der Waals surface area contributed by atoms with Gasteiger partial charge in [-0.1, -0.05) is 42.7 Å². The minimum Gasteiger partial charge on any atom is -0.294 e. The average molecular weight is 214 g/mol. The van der Waals surface area contributed by atoms with E-state index in [1.807, 2.05) is 24.3 Å². The van der Waals surface area contributed by atoms with E-state index in [2.05, 4.69) is 6.92 Å². The Morgan fingerprint density at radius 1 is 1.06 bits per heavy atom. The first-order valence-electron chi connectivity index (χ1n) is 6.38. The zero-order chi connectivity index (χ0) is 11.1. The number of fused-ring (bicyclic) bond motifs is 1. The number of rotatable bonds is 2. The van der Waals surface area contributed by atoms with Crippen LogP contribution in [0, 0.1) is 24.7 Å². The van der Waals surface area contributed by atoms with Crippen molar-refractivity contribution in [2.75, 3.05) is 0 Å². The van der Waals surface area contributed by atoms with Gasteiger partial charge in [0.05, 0.1) is 0 Å². The van der Waals surface area contributed by atoms with E-state index in [0.29, 0.717) is 11.7 Å². The van der Waals surface area contributed by atoms with Crippen LogP contribution in [-0.4, -0.2) is 5.78 Å². The Hall–Kier alpha value is -1.11. The summed E-state index contributed by atoms with van der Waals surface area (Å²) in [6.45, 7) is 2.06. The quantitative estimate of drug-likeness (QED) is 0.687. The highest BCUT2D eigenvalue weighted by Gasteiger charge is 2.54. The molecule has 0 heterocycles. The molecule has 2 fully saturated rings. The van der Waals surface area contributed by atoms with Crippen molar-refractivity contribution in [3.05, 3.63) is 35.4 Å². The fraction of sp³-hybridized carbons (Fsp3) is 0.533. The first-order valence-corrected chi connectivity index (χ1v) is 6.38. The molecule has 0 spiro atoms. The average Bonchev–Trinajstić information content (AvgIpc) is 3.03. The third-order valence-electron chi connectivity index (χ3n) is 4.30. The second-order valence-electron chi connectivity index (χ2n) is 5.37. The van der Waals surface area contributed by atoms with E-state index in [1.165, 1.54) is 31.2 Å². The van der Waals surface area contributed by atoms with E-state index in [-0.39, 0.29) is 0 Å². The van der Waals surface area contributed by atoms with Crippen molar-refractivity contribution >= 4 is 5.78 Å². The second kappa shape index (κ2) is 3.73. The summed E-state index contributed by atoms with van der Waals surface area (Å²) in [7, 11) is 0. The molecule has 84 valence electrons. The first kappa shape index (κ1) is 10.1. The zero-order valence-electron chi connectivity index (χ0n) is 9.78. The lowest BCUT2D eigenvalue weighted by molar-refractivity contribution is 0.0956. The molecular formula is C15H18O. The molecule has 1 heteroatoms. The molecule has 0 saturated heterocycles. The van der Waals surface area contributed by atoms with Gasteiger partial charge in [-0.25, -0.2) is 0 Å². The van der Waals surface area contributed by atoms with Crippen molar-refractivity contribution < 1.29 is 4.79 Å². The first-order chi connectivity index (χ1) is 7.77. The summed E-state index contributed by atoms with van der Waals surface area (Å²) < 4.78 is 0. The monoisotopic (exact) mass is 214 g/mol. The lowest BCUT2D eigenvalue weighted by atomic mass is 10.0. The van der Waals surface area contributed by atoms with E-state index in [4.69, 9.17) is 0 Å². The van der Waals surface area contributed by atoms with Crippen LogP contribution >= 0.6 is 0 Å². The van der Waals surface area contributed by atoms with Crippen LogP contribution in [0.5, 0.6) is 0 Å². The summed E-state index contributed by atoms with van der Waals surface area (Å²) in [5.41, 5.74) is 2.15. The van der Waals surface area contributed by atoms with Crippen LogP contribution in [0.2, 0.25) is 0 Å². The third kappa shape index (κ3) is 1.59. The molecule has 1 aromatic rings. The van der Waals surface area contributed by atoms with Gasteiger partial charge in [-0.15, -0.1) is 0 Å². The molecule has 2 atom stereocenters. The van der Waals surface area contributed by atoms with Crippen LogP contribution in [-0.2, 0) is 0 Å². The number of carbonyl (C=O) groups excluding carboxylic acids is 1. The minimum absolute atomic E-state index is 0.366. The number of ketones is 1. The number of hydrogen-bond acceptors (Lipinski definition) is 1. The van der Waals surface area contributed by atoms with Crippen molar-refractivity contribution in [1.82, 2.24) is 0 Å². The molecule has 0 radical (unpaired) electrons. The van der Waals surface area contributed by atoms with E-state index >= 15 is 0 Å². The second-order valence-corrected chi connectivity index (χ2v) is 5.37. The predicted octanol–water partition coefficient (Wildman–Crippen LogP) is 3.61. The zero-order valence-corrected chi connectivity index (χ0v) is 9.78. The molecule has 2 aliphatic rings. The molecule has 0 aliphatic heterocycles. The van der Waals surface area contributed by atoms with E-state index in [9.17, 15) is 4.79 Å². The molecule has 0 aromatic heterocycles. The molecule has 2 saturated carbocycles.